The molecule has 0 aliphatic heterocycles. The summed E-state index contributed by atoms with van der Waals surface area (Å²) in [6, 6.07) is 0. The van der Waals surface area contributed by atoms with Crippen molar-refractivity contribution >= 4 is 6.29 Å². The summed E-state index contributed by atoms with van der Waals surface area (Å²) in [5.74, 6) is 0.162. The number of allylic oxidation sites excluding steroid dienone is 1. The number of hydrogen-bond donors (Lipinski definition) is 0. The third kappa shape index (κ3) is 1.52. The molecule has 0 aliphatic rings. The molecule has 0 spiro atoms. The molecule has 2 nitrogen and oxygen atoms in total. The number of hydrogen-bond acceptors (Lipinski definition) is 2. The van der Waals surface area contributed by atoms with Gasteiger partial charge in [-0.15, -0.1) is 0 Å². The second-order valence-corrected chi connectivity index (χ2v) is 0.788. The van der Waals surface area contributed by atoms with Crippen LogP contribution in [0.4, 0.5) is 0 Å². The van der Waals surface area contributed by atoms with Crippen LogP contribution in [0.25, 0.3) is 0 Å². The molecule has 0 N–H and O–H groups in total. The molecule has 0 saturated carbocycles. The van der Waals surface area contributed by atoms with Crippen LogP contribution in [-0.2, 0) is 9.53 Å². The highest BCUT2D eigenvalue weighted by molar-refractivity contribution is 5.68. The van der Waals surface area contributed by atoms with Crippen molar-refractivity contribution in [2.45, 2.75) is 0 Å². The molecule has 34 valence electrons. The van der Waals surface area contributed by atoms with Crippen molar-refractivity contribution in [3.8, 4) is 0 Å². The van der Waals surface area contributed by atoms with Crippen molar-refractivity contribution < 1.29 is 9.53 Å². The van der Waals surface area contributed by atoms with Gasteiger partial charge in [-0.3, -0.25) is 4.79 Å². The van der Waals surface area contributed by atoms with E-state index in [1.165, 1.54) is 7.11 Å². The van der Waals surface area contributed by atoms with Gasteiger partial charge in [-0.05, 0) is 0 Å². The monoisotopic (exact) mass is 86.0 g/mol. The molecule has 0 bridgehead atoms. The van der Waals surface area contributed by atoms with E-state index in [1.54, 1.807) is 0 Å². The highest BCUT2D eigenvalue weighted by Crippen LogP contribution is 1.77. The fraction of sp³-hybridized carbons (Fsp3) is 0.250. The van der Waals surface area contributed by atoms with Crippen molar-refractivity contribution in [2.24, 2.45) is 0 Å². The predicted octanol–water partition coefficient (Wildman–Crippen LogP) is 0.345. The van der Waals surface area contributed by atoms with E-state index in [0.717, 1.165) is 0 Å². The lowest BCUT2D eigenvalue weighted by Gasteiger charge is -1.87. The van der Waals surface area contributed by atoms with Gasteiger partial charge in [0.1, 0.15) is 0 Å². The smallest absolute Gasteiger partial charge is 0.184 e. The van der Waals surface area contributed by atoms with Gasteiger partial charge >= 0.3 is 0 Å². The zero-order chi connectivity index (χ0) is 4.99. The van der Waals surface area contributed by atoms with Crippen molar-refractivity contribution in [1.29, 1.82) is 0 Å². The topological polar surface area (TPSA) is 26.3 Å². The molecule has 0 amide bonds. The van der Waals surface area contributed by atoms with Crippen LogP contribution in [-0.4, -0.2) is 13.4 Å². The van der Waals surface area contributed by atoms with Gasteiger partial charge in [0.05, 0.1) is 7.11 Å². The highest BCUT2D eigenvalue weighted by atomic mass is 16.5. The standard InChI is InChI=1S/C4H6O2/c1-4(3-5)6-2/h3H,1H2,2H3. The van der Waals surface area contributed by atoms with E-state index < -0.39 is 0 Å². The summed E-state index contributed by atoms with van der Waals surface area (Å²) >= 11 is 0. The lowest BCUT2D eigenvalue weighted by atomic mass is 10.6. The molecule has 0 unspecified atom stereocenters. The minimum atomic E-state index is 0.162. The minimum Gasteiger partial charge on any atom is -0.494 e. The Labute approximate surface area is 36.4 Å². The normalized spacial score (nSPS) is 6.83. The Kier molecular flexibility index (Phi) is 2.13. The second kappa shape index (κ2) is 2.45. The molecular weight excluding hydrogens is 80.0 g/mol. The maximum absolute atomic E-state index is 9.51. The number of methoxy groups -OCH3 is 1. The first-order chi connectivity index (χ1) is 2.81. The molecule has 0 atom stereocenters. The van der Waals surface area contributed by atoms with Gasteiger partial charge in [0.2, 0.25) is 0 Å². The minimum absolute atomic E-state index is 0.162. The third-order valence-electron chi connectivity index (χ3n) is 0.394. The predicted molar refractivity (Wildman–Crippen MR) is 22.2 cm³/mol. The summed E-state index contributed by atoms with van der Waals surface area (Å²) in [7, 11) is 1.40. The van der Waals surface area contributed by atoms with Gasteiger partial charge in [-0.1, -0.05) is 6.58 Å². The Morgan fingerprint density at radius 1 is 2.00 bits per heavy atom. The first kappa shape index (κ1) is 5.21. The number of ether oxygens (including phenoxy) is 1. The first-order valence-corrected chi connectivity index (χ1v) is 1.49. The highest BCUT2D eigenvalue weighted by Gasteiger charge is 1.77. The van der Waals surface area contributed by atoms with Crippen LogP contribution in [0.2, 0.25) is 0 Å². The molecule has 0 saturated heterocycles. The fourth-order valence-corrected chi connectivity index (χ4v) is 0.0481. The van der Waals surface area contributed by atoms with Crippen LogP contribution < -0.4 is 0 Å². The Balaban J connectivity index is 3.23. The molecule has 0 rings (SSSR count). The van der Waals surface area contributed by atoms with Gasteiger partial charge in [0, 0.05) is 0 Å². The van der Waals surface area contributed by atoms with Crippen LogP contribution in [0, 0.1) is 0 Å². The quantitative estimate of drug-likeness (QED) is 0.275. The van der Waals surface area contributed by atoms with Gasteiger partial charge in [0.25, 0.3) is 0 Å². The van der Waals surface area contributed by atoms with Crippen molar-refractivity contribution in [3.05, 3.63) is 12.3 Å². The third-order valence-corrected chi connectivity index (χ3v) is 0.394. The fourth-order valence-electron chi connectivity index (χ4n) is 0.0481. The molecule has 0 aromatic heterocycles. The maximum atomic E-state index is 9.51. The van der Waals surface area contributed by atoms with Gasteiger partial charge < -0.3 is 4.74 Å². The average Bonchev–Trinajstić information content (AvgIpc) is 1.65. The van der Waals surface area contributed by atoms with E-state index in [1.807, 2.05) is 0 Å². The first-order valence-electron chi connectivity index (χ1n) is 1.49. The Hall–Kier alpha value is -0.790. The zero-order valence-corrected chi connectivity index (χ0v) is 3.60. The van der Waals surface area contributed by atoms with Gasteiger partial charge in [0.15, 0.2) is 12.0 Å². The summed E-state index contributed by atoms with van der Waals surface area (Å²) in [6.07, 6.45) is 0.556. The summed E-state index contributed by atoms with van der Waals surface area (Å²) < 4.78 is 4.34. The summed E-state index contributed by atoms with van der Waals surface area (Å²) in [4.78, 5) is 9.51. The Morgan fingerprint density at radius 2 is 2.50 bits per heavy atom. The summed E-state index contributed by atoms with van der Waals surface area (Å²) in [5, 5.41) is 0. The second-order valence-electron chi connectivity index (χ2n) is 0.788. The molecule has 2 heteroatoms. The zero-order valence-electron chi connectivity index (χ0n) is 3.60. The molecule has 0 aliphatic carbocycles. The van der Waals surface area contributed by atoms with Crippen molar-refractivity contribution in [1.82, 2.24) is 0 Å². The van der Waals surface area contributed by atoms with Crippen LogP contribution in [0.5, 0.6) is 0 Å². The van der Waals surface area contributed by atoms with E-state index in [0.29, 0.717) is 6.29 Å². The molecule has 0 fully saturated rings. The van der Waals surface area contributed by atoms with Gasteiger partial charge in [-0.25, -0.2) is 0 Å². The van der Waals surface area contributed by atoms with Crippen LogP contribution in [0.3, 0.4) is 0 Å². The van der Waals surface area contributed by atoms with Crippen molar-refractivity contribution in [3.63, 3.8) is 0 Å². The van der Waals surface area contributed by atoms with E-state index in [2.05, 4.69) is 11.3 Å². The Morgan fingerprint density at radius 3 is 2.50 bits per heavy atom. The van der Waals surface area contributed by atoms with Gasteiger partial charge in [-0.2, -0.15) is 0 Å². The molecule has 0 aromatic carbocycles. The van der Waals surface area contributed by atoms with Crippen LogP contribution in [0.1, 0.15) is 0 Å². The number of carbonyl (C=O) groups excluding carboxylic acids is 1. The maximum Gasteiger partial charge on any atom is 0.184 e. The number of carbonyl (C=O) groups is 1. The molecule has 0 heterocycles. The molecule has 0 aromatic rings. The molecule has 6 heavy (non-hydrogen) atoms. The summed E-state index contributed by atoms with van der Waals surface area (Å²) in [6.45, 7) is 3.20. The van der Waals surface area contributed by atoms with E-state index in [9.17, 15) is 4.79 Å². The lowest BCUT2D eigenvalue weighted by molar-refractivity contribution is -0.107. The SMILES string of the molecule is C=C(C=O)OC. The van der Waals surface area contributed by atoms with Crippen LogP contribution >= 0.6 is 0 Å². The lowest BCUT2D eigenvalue weighted by Crippen LogP contribution is -1.81. The van der Waals surface area contributed by atoms with Crippen LogP contribution in [0.15, 0.2) is 12.3 Å². The number of rotatable bonds is 2. The number of aldehydes is 1. The molecule has 0 radical (unpaired) electrons. The van der Waals surface area contributed by atoms with E-state index in [-0.39, 0.29) is 5.76 Å². The summed E-state index contributed by atoms with van der Waals surface area (Å²) in [5.41, 5.74) is 0. The average molecular weight is 86.1 g/mol. The largest absolute Gasteiger partial charge is 0.494 e. The van der Waals surface area contributed by atoms with E-state index in [4.69, 9.17) is 0 Å². The van der Waals surface area contributed by atoms with E-state index >= 15 is 0 Å². The van der Waals surface area contributed by atoms with Crippen molar-refractivity contribution in [2.75, 3.05) is 7.11 Å². The Bertz CT molecular complexity index is 65.9. The molecular formula is C4H6O2.